The Hall–Kier alpha value is -1.82. The monoisotopic (exact) mass is 254 g/mol. The van der Waals surface area contributed by atoms with Gasteiger partial charge in [0.2, 0.25) is 0 Å². The molecule has 0 saturated heterocycles. The third kappa shape index (κ3) is 3.60. The summed E-state index contributed by atoms with van der Waals surface area (Å²) in [6.45, 7) is 0. The summed E-state index contributed by atoms with van der Waals surface area (Å²) in [6.07, 6.45) is 0.124. The van der Waals surface area contributed by atoms with Crippen LogP contribution in [0.4, 0.5) is 5.69 Å². The number of rotatable bonds is 4. The van der Waals surface area contributed by atoms with Crippen molar-refractivity contribution >= 4 is 29.0 Å². The quantitative estimate of drug-likeness (QED) is 0.618. The molecule has 92 valence electrons. The molecule has 0 heterocycles. The van der Waals surface area contributed by atoms with E-state index in [9.17, 15) is 4.79 Å². The van der Waals surface area contributed by atoms with Crippen LogP contribution in [0.1, 0.15) is 5.56 Å². The van der Waals surface area contributed by atoms with E-state index in [0.717, 1.165) is 0 Å². The predicted molar refractivity (Wildman–Crippen MR) is 69.1 cm³/mol. The van der Waals surface area contributed by atoms with E-state index in [1.165, 1.54) is 14.2 Å². The van der Waals surface area contributed by atoms with E-state index in [0.29, 0.717) is 17.0 Å². The smallest absolute Gasteiger partial charge is 0.310 e. The van der Waals surface area contributed by atoms with Gasteiger partial charge in [0.15, 0.2) is 5.11 Å². The molecule has 0 aliphatic rings. The van der Waals surface area contributed by atoms with Gasteiger partial charge >= 0.3 is 5.97 Å². The van der Waals surface area contributed by atoms with Crippen molar-refractivity contribution in [2.75, 3.05) is 19.5 Å². The Balaban J connectivity index is 3.09. The normalized spacial score (nSPS) is 9.53. The number of thiocarbonyl (C=S) groups is 1. The van der Waals surface area contributed by atoms with Gasteiger partial charge in [-0.15, -0.1) is 0 Å². The Morgan fingerprint density at radius 3 is 2.71 bits per heavy atom. The number of carbonyl (C=O) groups excluding carboxylic acids is 1. The zero-order valence-corrected chi connectivity index (χ0v) is 10.5. The van der Waals surface area contributed by atoms with Crippen molar-refractivity contribution in [1.82, 2.24) is 0 Å². The Labute approximate surface area is 105 Å². The first kappa shape index (κ1) is 13.2. The number of ether oxygens (including phenoxy) is 2. The van der Waals surface area contributed by atoms with Gasteiger partial charge in [-0.2, -0.15) is 0 Å². The molecule has 0 aliphatic carbocycles. The minimum atomic E-state index is -0.343. The number of benzene rings is 1. The van der Waals surface area contributed by atoms with Crippen LogP contribution in [0, 0.1) is 0 Å². The summed E-state index contributed by atoms with van der Waals surface area (Å²) < 4.78 is 9.79. The highest BCUT2D eigenvalue weighted by Crippen LogP contribution is 2.28. The van der Waals surface area contributed by atoms with Gasteiger partial charge in [0.25, 0.3) is 0 Å². The van der Waals surface area contributed by atoms with E-state index in [2.05, 4.69) is 10.1 Å². The maximum atomic E-state index is 11.3. The van der Waals surface area contributed by atoms with E-state index in [4.69, 9.17) is 22.7 Å². The first-order valence-corrected chi connectivity index (χ1v) is 5.28. The van der Waals surface area contributed by atoms with E-state index in [1.54, 1.807) is 18.2 Å². The van der Waals surface area contributed by atoms with Crippen LogP contribution in [-0.4, -0.2) is 25.3 Å². The molecule has 17 heavy (non-hydrogen) atoms. The number of hydrogen-bond acceptors (Lipinski definition) is 4. The van der Waals surface area contributed by atoms with Gasteiger partial charge in [-0.1, -0.05) is 12.1 Å². The number of nitrogens with one attached hydrogen (secondary N) is 1. The van der Waals surface area contributed by atoms with Gasteiger partial charge in [-0.25, -0.2) is 0 Å². The highest BCUT2D eigenvalue weighted by atomic mass is 32.1. The summed E-state index contributed by atoms with van der Waals surface area (Å²) in [6, 6.07) is 5.31. The summed E-state index contributed by atoms with van der Waals surface area (Å²) >= 11 is 4.78. The van der Waals surface area contributed by atoms with Gasteiger partial charge in [0, 0.05) is 0 Å². The second-order valence-electron chi connectivity index (χ2n) is 3.24. The van der Waals surface area contributed by atoms with E-state index < -0.39 is 0 Å². The van der Waals surface area contributed by atoms with E-state index in [1.807, 2.05) is 0 Å². The topological polar surface area (TPSA) is 73.6 Å². The van der Waals surface area contributed by atoms with Crippen LogP contribution >= 0.6 is 12.2 Å². The Morgan fingerprint density at radius 1 is 1.47 bits per heavy atom. The molecule has 0 unspecified atom stereocenters. The van der Waals surface area contributed by atoms with Gasteiger partial charge < -0.3 is 20.5 Å². The molecule has 0 atom stereocenters. The van der Waals surface area contributed by atoms with Crippen LogP contribution < -0.4 is 15.8 Å². The molecule has 0 amide bonds. The molecule has 1 rings (SSSR count). The second-order valence-corrected chi connectivity index (χ2v) is 3.68. The lowest BCUT2D eigenvalue weighted by Gasteiger charge is -2.14. The molecule has 1 aromatic carbocycles. The first-order chi connectivity index (χ1) is 8.08. The Morgan fingerprint density at radius 2 is 2.18 bits per heavy atom. The zero-order valence-electron chi connectivity index (χ0n) is 9.65. The Kier molecular flexibility index (Phi) is 4.71. The molecule has 5 nitrogen and oxygen atoms in total. The maximum absolute atomic E-state index is 11.3. The largest absolute Gasteiger partial charge is 0.495 e. The van der Waals surface area contributed by atoms with Crippen LogP contribution in [-0.2, 0) is 16.0 Å². The number of methoxy groups -OCH3 is 2. The van der Waals surface area contributed by atoms with Gasteiger partial charge in [-0.05, 0) is 23.8 Å². The number of carbonyl (C=O) groups is 1. The standard InChI is InChI=1S/C11H14N2O3S/c1-15-8-5-3-4-7(6-9(14)16-2)10(8)13-11(12)17/h3-5H,6H2,1-2H3,(H3,12,13,17). The van der Waals surface area contributed by atoms with Crippen molar-refractivity contribution in [3.05, 3.63) is 23.8 Å². The molecule has 0 radical (unpaired) electrons. The van der Waals surface area contributed by atoms with Gasteiger partial charge in [0.05, 0.1) is 26.3 Å². The fraction of sp³-hybridized carbons (Fsp3) is 0.273. The van der Waals surface area contributed by atoms with Crippen molar-refractivity contribution in [3.63, 3.8) is 0 Å². The Bertz CT molecular complexity index is 435. The highest BCUT2D eigenvalue weighted by molar-refractivity contribution is 7.80. The van der Waals surface area contributed by atoms with Gasteiger partial charge in [0.1, 0.15) is 5.75 Å². The molecule has 0 fully saturated rings. The minimum absolute atomic E-state index is 0.112. The lowest BCUT2D eigenvalue weighted by Crippen LogP contribution is -2.21. The lowest BCUT2D eigenvalue weighted by molar-refractivity contribution is -0.139. The molecule has 0 aromatic heterocycles. The van der Waals surface area contributed by atoms with Crippen molar-refractivity contribution in [3.8, 4) is 5.75 Å². The average molecular weight is 254 g/mol. The predicted octanol–water partition coefficient (Wildman–Crippen LogP) is 1.07. The lowest BCUT2D eigenvalue weighted by atomic mass is 10.1. The summed E-state index contributed by atoms with van der Waals surface area (Å²) in [4.78, 5) is 11.3. The molecular weight excluding hydrogens is 240 g/mol. The molecule has 0 spiro atoms. The summed E-state index contributed by atoms with van der Waals surface area (Å²) in [7, 11) is 2.87. The molecule has 3 N–H and O–H groups in total. The number of esters is 1. The van der Waals surface area contributed by atoms with Crippen molar-refractivity contribution in [2.24, 2.45) is 5.73 Å². The van der Waals surface area contributed by atoms with Crippen LogP contribution in [0.2, 0.25) is 0 Å². The van der Waals surface area contributed by atoms with Crippen LogP contribution in [0.5, 0.6) is 5.75 Å². The third-order valence-corrected chi connectivity index (χ3v) is 2.25. The average Bonchev–Trinajstić information content (AvgIpc) is 2.30. The third-order valence-electron chi connectivity index (χ3n) is 2.14. The molecule has 0 bridgehead atoms. The van der Waals surface area contributed by atoms with Crippen molar-refractivity contribution in [2.45, 2.75) is 6.42 Å². The summed E-state index contributed by atoms with van der Waals surface area (Å²) in [5.74, 6) is 0.225. The van der Waals surface area contributed by atoms with Crippen LogP contribution in [0.3, 0.4) is 0 Å². The molecule has 1 aromatic rings. The van der Waals surface area contributed by atoms with Crippen molar-refractivity contribution in [1.29, 1.82) is 0 Å². The zero-order chi connectivity index (χ0) is 12.8. The SMILES string of the molecule is COC(=O)Cc1cccc(OC)c1NC(N)=S. The van der Waals surface area contributed by atoms with Crippen LogP contribution in [0.15, 0.2) is 18.2 Å². The second kappa shape index (κ2) is 6.05. The van der Waals surface area contributed by atoms with Gasteiger partial charge in [-0.3, -0.25) is 4.79 Å². The molecule has 6 heteroatoms. The molecule has 0 aliphatic heterocycles. The fourth-order valence-corrected chi connectivity index (χ4v) is 1.49. The minimum Gasteiger partial charge on any atom is -0.495 e. The highest BCUT2D eigenvalue weighted by Gasteiger charge is 2.12. The number of hydrogen-bond donors (Lipinski definition) is 2. The summed E-state index contributed by atoms with van der Waals surface area (Å²) in [5, 5.41) is 2.91. The number of anilines is 1. The van der Waals surface area contributed by atoms with E-state index in [-0.39, 0.29) is 17.5 Å². The molecular formula is C11H14N2O3S. The van der Waals surface area contributed by atoms with Crippen molar-refractivity contribution < 1.29 is 14.3 Å². The molecule has 0 saturated carbocycles. The number of para-hydroxylation sites is 1. The summed E-state index contributed by atoms with van der Waals surface area (Å²) in [5.41, 5.74) is 6.73. The van der Waals surface area contributed by atoms with Crippen LogP contribution in [0.25, 0.3) is 0 Å². The van der Waals surface area contributed by atoms with E-state index >= 15 is 0 Å². The fourth-order valence-electron chi connectivity index (χ4n) is 1.39. The number of nitrogens with two attached hydrogens (primary N) is 1. The maximum Gasteiger partial charge on any atom is 0.310 e. The first-order valence-electron chi connectivity index (χ1n) is 4.87.